The molecule has 3 rings (SSSR count). The second kappa shape index (κ2) is 5.04. The number of pyridine rings is 1. The molecule has 1 aromatic carbocycles. The van der Waals surface area contributed by atoms with Gasteiger partial charge in [0.15, 0.2) is 5.69 Å². The van der Waals surface area contributed by atoms with Crippen LogP contribution in [0.3, 0.4) is 0 Å². The van der Waals surface area contributed by atoms with Gasteiger partial charge in [0.25, 0.3) is 5.69 Å². The number of anilines is 1. The summed E-state index contributed by atoms with van der Waals surface area (Å²) >= 11 is 0. The average molecular weight is 281 g/mol. The second-order valence-corrected chi connectivity index (χ2v) is 4.32. The van der Waals surface area contributed by atoms with Gasteiger partial charge in [-0.3, -0.25) is 10.1 Å². The van der Waals surface area contributed by atoms with E-state index in [0.29, 0.717) is 5.69 Å². The van der Waals surface area contributed by atoms with Gasteiger partial charge >= 0.3 is 0 Å². The first kappa shape index (κ1) is 12.8. The molecule has 21 heavy (non-hydrogen) atoms. The molecular weight excluding hydrogens is 270 g/mol. The maximum atomic E-state index is 11.2. The maximum Gasteiger partial charge on any atom is 0.297 e. The van der Waals surface area contributed by atoms with Crippen LogP contribution in [0.2, 0.25) is 0 Å². The van der Waals surface area contributed by atoms with Crippen molar-refractivity contribution >= 4 is 11.5 Å². The quantitative estimate of drug-likeness (QED) is 0.587. The first-order chi connectivity index (χ1) is 10.2. The molecule has 0 unspecified atom stereocenters. The number of rotatable bonds is 3. The Hall–Kier alpha value is -3.22. The highest BCUT2D eigenvalue weighted by Gasteiger charge is 2.21. The molecule has 2 aromatic heterocycles. The monoisotopic (exact) mass is 281 g/mol. The minimum Gasteiger partial charge on any atom is -0.384 e. The van der Waals surface area contributed by atoms with Crippen molar-refractivity contribution in [3.8, 4) is 17.1 Å². The Kier molecular flexibility index (Phi) is 3.07. The molecular formula is C14H11N5O2. The number of nitrogen functional groups attached to an aromatic ring is 1. The van der Waals surface area contributed by atoms with Crippen LogP contribution in [0, 0.1) is 10.1 Å². The van der Waals surface area contributed by atoms with Crippen molar-refractivity contribution in [3.05, 3.63) is 64.8 Å². The molecule has 0 saturated carbocycles. The number of nitrogens with two attached hydrogens (primary N) is 1. The van der Waals surface area contributed by atoms with Gasteiger partial charge in [-0.1, -0.05) is 18.2 Å². The lowest BCUT2D eigenvalue weighted by Gasteiger charge is -2.07. The van der Waals surface area contributed by atoms with E-state index in [1.54, 1.807) is 16.9 Å². The van der Waals surface area contributed by atoms with Crippen molar-refractivity contribution in [2.24, 2.45) is 0 Å². The van der Waals surface area contributed by atoms with E-state index in [9.17, 15) is 10.1 Å². The van der Waals surface area contributed by atoms with Crippen molar-refractivity contribution in [1.82, 2.24) is 14.8 Å². The predicted molar refractivity (Wildman–Crippen MR) is 77.9 cm³/mol. The topological polar surface area (TPSA) is 99.9 Å². The van der Waals surface area contributed by atoms with E-state index in [2.05, 4.69) is 10.1 Å². The third-order valence-electron chi connectivity index (χ3n) is 2.98. The Balaban J connectivity index is 2.21. The average Bonchev–Trinajstić information content (AvgIpc) is 2.97. The third kappa shape index (κ3) is 2.32. The number of hydrogen-bond donors (Lipinski definition) is 1. The van der Waals surface area contributed by atoms with Crippen LogP contribution in [0.4, 0.5) is 11.5 Å². The van der Waals surface area contributed by atoms with Crippen LogP contribution >= 0.6 is 0 Å². The van der Waals surface area contributed by atoms with Crippen LogP contribution in [-0.2, 0) is 0 Å². The van der Waals surface area contributed by atoms with Gasteiger partial charge in [-0.25, -0.2) is 9.67 Å². The molecule has 104 valence electrons. The molecule has 2 heterocycles. The maximum absolute atomic E-state index is 11.2. The summed E-state index contributed by atoms with van der Waals surface area (Å²) in [5.41, 5.74) is 7.05. The fourth-order valence-corrected chi connectivity index (χ4v) is 2.06. The number of para-hydroxylation sites is 1. The van der Waals surface area contributed by atoms with Crippen molar-refractivity contribution in [2.75, 3.05) is 5.73 Å². The lowest BCUT2D eigenvalue weighted by molar-refractivity contribution is -0.384. The van der Waals surface area contributed by atoms with Crippen LogP contribution in [0.25, 0.3) is 17.1 Å². The molecule has 0 aliphatic rings. The molecule has 0 bridgehead atoms. The number of hydrogen-bond acceptors (Lipinski definition) is 5. The Morgan fingerprint density at radius 3 is 2.57 bits per heavy atom. The molecule has 7 heteroatoms. The fourth-order valence-electron chi connectivity index (χ4n) is 2.06. The van der Waals surface area contributed by atoms with Gasteiger partial charge in [-0.15, -0.1) is 0 Å². The number of aromatic nitrogens is 3. The summed E-state index contributed by atoms with van der Waals surface area (Å²) < 4.78 is 1.59. The van der Waals surface area contributed by atoms with E-state index in [0.717, 1.165) is 5.69 Å². The van der Waals surface area contributed by atoms with Crippen LogP contribution in [0.5, 0.6) is 0 Å². The SMILES string of the molecule is Nc1ccc([N+](=O)[O-])c(-c2ccnn2-c2ccccc2)n1. The van der Waals surface area contributed by atoms with E-state index in [1.165, 1.54) is 12.1 Å². The third-order valence-corrected chi connectivity index (χ3v) is 2.98. The number of nitro groups is 1. The molecule has 0 spiro atoms. The highest BCUT2D eigenvalue weighted by Crippen LogP contribution is 2.29. The highest BCUT2D eigenvalue weighted by atomic mass is 16.6. The lowest BCUT2D eigenvalue weighted by atomic mass is 10.2. The van der Waals surface area contributed by atoms with Crippen molar-refractivity contribution in [3.63, 3.8) is 0 Å². The molecule has 0 amide bonds. The summed E-state index contributed by atoms with van der Waals surface area (Å²) in [4.78, 5) is 14.8. The summed E-state index contributed by atoms with van der Waals surface area (Å²) in [5, 5.41) is 15.4. The minimum atomic E-state index is -0.482. The molecule has 0 atom stereocenters. The molecule has 0 fully saturated rings. The van der Waals surface area contributed by atoms with Gasteiger partial charge in [0.1, 0.15) is 5.82 Å². The standard InChI is InChI=1S/C14H11N5O2/c15-13-7-6-12(19(20)21)14(17-13)11-8-9-16-18(11)10-4-2-1-3-5-10/h1-9H,(H2,15,17). The summed E-state index contributed by atoms with van der Waals surface area (Å²) in [6.45, 7) is 0. The normalized spacial score (nSPS) is 10.5. The molecule has 0 radical (unpaired) electrons. The second-order valence-electron chi connectivity index (χ2n) is 4.32. The van der Waals surface area contributed by atoms with Gasteiger partial charge < -0.3 is 5.73 Å². The van der Waals surface area contributed by atoms with Gasteiger partial charge in [0.05, 0.1) is 22.5 Å². The molecule has 2 N–H and O–H groups in total. The summed E-state index contributed by atoms with van der Waals surface area (Å²) in [6.07, 6.45) is 1.57. The molecule has 7 nitrogen and oxygen atoms in total. The van der Waals surface area contributed by atoms with Gasteiger partial charge in [0, 0.05) is 6.07 Å². The van der Waals surface area contributed by atoms with Crippen LogP contribution in [-0.4, -0.2) is 19.7 Å². The highest BCUT2D eigenvalue weighted by molar-refractivity contribution is 5.69. The van der Waals surface area contributed by atoms with Crippen LogP contribution in [0.15, 0.2) is 54.7 Å². The number of benzene rings is 1. The smallest absolute Gasteiger partial charge is 0.297 e. The Morgan fingerprint density at radius 1 is 1.10 bits per heavy atom. The zero-order valence-corrected chi connectivity index (χ0v) is 10.9. The fraction of sp³-hybridized carbons (Fsp3) is 0. The first-order valence-corrected chi connectivity index (χ1v) is 6.17. The van der Waals surface area contributed by atoms with Crippen molar-refractivity contribution in [1.29, 1.82) is 0 Å². The first-order valence-electron chi connectivity index (χ1n) is 6.17. The molecule has 0 saturated heterocycles. The van der Waals surface area contributed by atoms with E-state index in [4.69, 9.17) is 5.73 Å². The Labute approximate surface area is 119 Å². The van der Waals surface area contributed by atoms with E-state index < -0.39 is 4.92 Å². The van der Waals surface area contributed by atoms with Crippen molar-refractivity contribution < 1.29 is 4.92 Å². The summed E-state index contributed by atoms with van der Waals surface area (Å²) in [5.74, 6) is 0.219. The van der Waals surface area contributed by atoms with Gasteiger partial charge in [0.2, 0.25) is 0 Å². The molecule has 0 aliphatic carbocycles. The van der Waals surface area contributed by atoms with Crippen LogP contribution in [0.1, 0.15) is 0 Å². The lowest BCUT2D eigenvalue weighted by Crippen LogP contribution is -2.03. The van der Waals surface area contributed by atoms with Crippen LogP contribution < -0.4 is 5.73 Å². The van der Waals surface area contributed by atoms with Gasteiger partial charge in [-0.05, 0) is 24.3 Å². The zero-order chi connectivity index (χ0) is 14.8. The largest absolute Gasteiger partial charge is 0.384 e. The molecule has 3 aromatic rings. The zero-order valence-electron chi connectivity index (χ0n) is 10.9. The molecule has 0 aliphatic heterocycles. The summed E-state index contributed by atoms with van der Waals surface area (Å²) in [6, 6.07) is 13.7. The number of nitrogens with zero attached hydrogens (tertiary/aromatic N) is 4. The van der Waals surface area contributed by atoms with E-state index in [1.807, 2.05) is 30.3 Å². The van der Waals surface area contributed by atoms with Crippen molar-refractivity contribution in [2.45, 2.75) is 0 Å². The van der Waals surface area contributed by atoms with E-state index in [-0.39, 0.29) is 17.2 Å². The minimum absolute atomic E-state index is 0.109. The predicted octanol–water partition coefficient (Wildman–Crippen LogP) is 2.42. The van der Waals surface area contributed by atoms with Gasteiger partial charge in [-0.2, -0.15) is 5.10 Å². The Bertz CT molecular complexity index is 798. The summed E-state index contributed by atoms with van der Waals surface area (Å²) in [7, 11) is 0. The van der Waals surface area contributed by atoms with E-state index >= 15 is 0 Å². The Morgan fingerprint density at radius 2 is 1.86 bits per heavy atom.